The van der Waals surface area contributed by atoms with Crippen molar-refractivity contribution in [1.82, 2.24) is 19.9 Å². The monoisotopic (exact) mass is 303 g/mol. The zero-order valence-electron chi connectivity index (χ0n) is 11.8. The molecule has 0 saturated carbocycles. The molecule has 0 amide bonds. The van der Waals surface area contributed by atoms with Gasteiger partial charge in [-0.2, -0.15) is 0 Å². The fourth-order valence-corrected chi connectivity index (χ4v) is 2.70. The lowest BCUT2D eigenvalue weighted by Crippen LogP contribution is -2.23. The fourth-order valence-electron chi connectivity index (χ4n) is 2.35. The molecule has 0 N–H and O–H groups in total. The molecule has 1 fully saturated rings. The Balaban J connectivity index is 1.55. The summed E-state index contributed by atoms with van der Waals surface area (Å²) in [7, 11) is 0. The van der Waals surface area contributed by atoms with Crippen LogP contribution in [0.25, 0.3) is 0 Å². The quantitative estimate of drug-likeness (QED) is 0.617. The van der Waals surface area contributed by atoms with Crippen LogP contribution in [0.2, 0.25) is 0 Å². The average Bonchev–Trinajstić information content (AvgIpc) is 3.03. The molecule has 0 aromatic carbocycles. The second-order valence-corrected chi connectivity index (χ2v) is 5.63. The first-order chi connectivity index (χ1) is 10.3. The third-order valence-electron chi connectivity index (χ3n) is 3.42. The molecule has 0 radical (unpaired) electrons. The highest BCUT2D eigenvalue weighted by molar-refractivity contribution is 7.98. The number of thioether (sulfide) groups is 1. The van der Waals surface area contributed by atoms with E-state index in [1.165, 1.54) is 0 Å². The van der Waals surface area contributed by atoms with Crippen molar-refractivity contribution < 1.29 is 4.74 Å². The van der Waals surface area contributed by atoms with Gasteiger partial charge in [0.05, 0.1) is 12.8 Å². The van der Waals surface area contributed by atoms with Crippen LogP contribution in [0, 0.1) is 5.92 Å². The molecule has 0 aliphatic carbocycles. The van der Waals surface area contributed by atoms with Gasteiger partial charge < -0.3 is 9.64 Å². The van der Waals surface area contributed by atoms with Crippen molar-refractivity contribution in [2.24, 2.45) is 5.92 Å². The van der Waals surface area contributed by atoms with Crippen LogP contribution in [-0.2, 0) is 0 Å². The highest BCUT2D eigenvalue weighted by Gasteiger charge is 2.24. The van der Waals surface area contributed by atoms with Crippen LogP contribution in [0.3, 0.4) is 0 Å². The van der Waals surface area contributed by atoms with Crippen molar-refractivity contribution in [3.05, 3.63) is 30.9 Å². The lowest BCUT2D eigenvalue weighted by Gasteiger charge is -2.17. The number of hydrogen-bond acceptors (Lipinski definition) is 7. The van der Waals surface area contributed by atoms with Crippen LogP contribution in [0.15, 0.2) is 36.0 Å². The zero-order chi connectivity index (χ0) is 14.5. The summed E-state index contributed by atoms with van der Waals surface area (Å²) in [6, 6.07) is 1.96. The Morgan fingerprint density at radius 3 is 3.10 bits per heavy atom. The van der Waals surface area contributed by atoms with Crippen LogP contribution in [0.5, 0.6) is 5.88 Å². The van der Waals surface area contributed by atoms with Crippen molar-refractivity contribution in [3.8, 4) is 5.88 Å². The largest absolute Gasteiger partial charge is 0.476 e. The van der Waals surface area contributed by atoms with E-state index in [2.05, 4.69) is 24.8 Å². The second-order valence-electron chi connectivity index (χ2n) is 4.86. The zero-order valence-corrected chi connectivity index (χ0v) is 12.7. The summed E-state index contributed by atoms with van der Waals surface area (Å²) in [5.41, 5.74) is 0. The van der Waals surface area contributed by atoms with Crippen LogP contribution >= 0.6 is 11.8 Å². The SMILES string of the molecule is CSc1nccc(N2CCC(COc3cnccn3)C2)n1. The van der Waals surface area contributed by atoms with Crippen molar-refractivity contribution in [3.63, 3.8) is 0 Å². The molecule has 1 aliphatic heterocycles. The summed E-state index contributed by atoms with van der Waals surface area (Å²) < 4.78 is 5.68. The van der Waals surface area contributed by atoms with Crippen LogP contribution in [-0.4, -0.2) is 45.9 Å². The fraction of sp³-hybridized carbons (Fsp3) is 0.429. The van der Waals surface area contributed by atoms with Gasteiger partial charge in [-0.25, -0.2) is 15.0 Å². The molecule has 1 aliphatic rings. The topological polar surface area (TPSA) is 64.0 Å². The van der Waals surface area contributed by atoms with Gasteiger partial charge in [0.15, 0.2) is 5.16 Å². The highest BCUT2D eigenvalue weighted by Crippen LogP contribution is 2.23. The summed E-state index contributed by atoms with van der Waals surface area (Å²) in [6.07, 6.45) is 9.82. The molecular formula is C14H17N5OS. The molecule has 110 valence electrons. The van der Waals surface area contributed by atoms with Gasteiger partial charge in [0.1, 0.15) is 5.82 Å². The van der Waals surface area contributed by atoms with Gasteiger partial charge >= 0.3 is 0 Å². The lowest BCUT2D eigenvalue weighted by atomic mass is 10.1. The maximum absolute atomic E-state index is 5.68. The van der Waals surface area contributed by atoms with E-state index in [1.54, 1.807) is 30.4 Å². The molecule has 1 saturated heterocycles. The van der Waals surface area contributed by atoms with E-state index in [-0.39, 0.29) is 0 Å². The maximum atomic E-state index is 5.68. The standard InChI is InChI=1S/C14H17N5OS/c1-21-14-17-4-2-12(18-14)19-7-3-11(9-19)10-20-13-8-15-5-6-16-13/h2,4-6,8,11H,3,7,9-10H2,1H3. The molecule has 7 heteroatoms. The van der Waals surface area contributed by atoms with Crippen molar-refractivity contribution >= 4 is 17.6 Å². The summed E-state index contributed by atoms with van der Waals surface area (Å²) >= 11 is 1.56. The Bertz CT molecular complexity index is 583. The van der Waals surface area contributed by atoms with Crippen LogP contribution in [0.1, 0.15) is 6.42 Å². The van der Waals surface area contributed by atoms with Crippen molar-refractivity contribution in [2.75, 3.05) is 30.9 Å². The molecule has 1 unspecified atom stereocenters. The van der Waals surface area contributed by atoms with Gasteiger partial charge in [-0.05, 0) is 18.7 Å². The minimum Gasteiger partial charge on any atom is -0.476 e. The van der Waals surface area contributed by atoms with Crippen LogP contribution in [0.4, 0.5) is 5.82 Å². The van der Waals surface area contributed by atoms with E-state index in [9.17, 15) is 0 Å². The Kier molecular flexibility index (Phi) is 4.49. The maximum Gasteiger partial charge on any atom is 0.232 e. The summed E-state index contributed by atoms with van der Waals surface area (Å²) in [5.74, 6) is 2.07. The Hall–Kier alpha value is -1.89. The van der Waals surface area contributed by atoms with E-state index >= 15 is 0 Å². The molecule has 3 rings (SSSR count). The minimum absolute atomic E-state index is 0.486. The van der Waals surface area contributed by atoms with Crippen molar-refractivity contribution in [1.29, 1.82) is 0 Å². The molecule has 21 heavy (non-hydrogen) atoms. The predicted octanol–water partition coefficient (Wildman–Crippen LogP) is 1.89. The smallest absolute Gasteiger partial charge is 0.232 e. The number of ether oxygens (including phenoxy) is 1. The van der Waals surface area contributed by atoms with Gasteiger partial charge in [-0.15, -0.1) is 0 Å². The molecule has 0 spiro atoms. The van der Waals surface area contributed by atoms with Gasteiger partial charge in [0.25, 0.3) is 0 Å². The van der Waals surface area contributed by atoms with E-state index in [0.717, 1.165) is 30.5 Å². The van der Waals surface area contributed by atoms with E-state index in [1.807, 2.05) is 18.5 Å². The number of anilines is 1. The average molecular weight is 303 g/mol. The summed E-state index contributed by atoms with van der Waals surface area (Å²) in [5, 5.41) is 0.812. The molecule has 1 atom stereocenters. The van der Waals surface area contributed by atoms with Gasteiger partial charge in [0.2, 0.25) is 5.88 Å². The number of aromatic nitrogens is 4. The third-order valence-corrected chi connectivity index (χ3v) is 3.98. The van der Waals surface area contributed by atoms with Crippen LogP contribution < -0.4 is 9.64 Å². The molecule has 2 aromatic heterocycles. The summed E-state index contributed by atoms with van der Waals surface area (Å²) in [6.45, 7) is 2.61. The first-order valence-electron chi connectivity index (χ1n) is 6.86. The number of rotatable bonds is 5. The first kappa shape index (κ1) is 14.1. The Morgan fingerprint density at radius 1 is 1.33 bits per heavy atom. The molecule has 3 heterocycles. The van der Waals surface area contributed by atoms with Gasteiger partial charge in [-0.1, -0.05) is 11.8 Å². The number of hydrogen-bond donors (Lipinski definition) is 0. The molecule has 6 nitrogen and oxygen atoms in total. The number of nitrogens with zero attached hydrogens (tertiary/aromatic N) is 5. The second kappa shape index (κ2) is 6.71. The minimum atomic E-state index is 0.486. The molecule has 2 aromatic rings. The molecular weight excluding hydrogens is 286 g/mol. The lowest BCUT2D eigenvalue weighted by molar-refractivity contribution is 0.251. The Morgan fingerprint density at radius 2 is 2.29 bits per heavy atom. The first-order valence-corrected chi connectivity index (χ1v) is 8.08. The summed E-state index contributed by atoms with van der Waals surface area (Å²) in [4.78, 5) is 19.1. The molecule has 0 bridgehead atoms. The normalized spacial score (nSPS) is 18.0. The van der Waals surface area contributed by atoms with Gasteiger partial charge in [0, 0.05) is 37.6 Å². The van der Waals surface area contributed by atoms with E-state index < -0.39 is 0 Å². The predicted molar refractivity (Wildman–Crippen MR) is 81.7 cm³/mol. The highest BCUT2D eigenvalue weighted by atomic mass is 32.2. The Labute approximate surface area is 128 Å². The van der Waals surface area contributed by atoms with E-state index in [4.69, 9.17) is 4.74 Å². The van der Waals surface area contributed by atoms with Crippen molar-refractivity contribution in [2.45, 2.75) is 11.6 Å². The van der Waals surface area contributed by atoms with Gasteiger partial charge in [-0.3, -0.25) is 4.98 Å². The van der Waals surface area contributed by atoms with E-state index in [0.29, 0.717) is 18.4 Å². The third kappa shape index (κ3) is 3.60.